The molecule has 0 aliphatic carbocycles. The molecule has 1 N–H and O–H groups in total. The number of nitrogens with zero attached hydrogens (tertiary/aromatic N) is 2. The zero-order valence-corrected chi connectivity index (χ0v) is 12.5. The highest BCUT2D eigenvalue weighted by atomic mass is 32.2. The van der Waals surface area contributed by atoms with Gasteiger partial charge in [-0.3, -0.25) is 0 Å². The van der Waals surface area contributed by atoms with Crippen molar-refractivity contribution in [2.75, 3.05) is 0 Å². The second-order valence-electron chi connectivity index (χ2n) is 4.68. The Labute approximate surface area is 132 Å². The summed E-state index contributed by atoms with van der Waals surface area (Å²) >= 11 is 0. The molecule has 0 radical (unpaired) electrons. The molecule has 1 aromatic heterocycles. The molecule has 0 saturated carbocycles. The zero-order valence-electron chi connectivity index (χ0n) is 11.7. The molecule has 0 atom stereocenters. The van der Waals surface area contributed by atoms with E-state index in [-0.39, 0.29) is 16.9 Å². The summed E-state index contributed by atoms with van der Waals surface area (Å²) in [6, 6.07) is 15.4. The summed E-state index contributed by atoms with van der Waals surface area (Å²) in [7, 11) is -2.80. The maximum Gasteiger partial charge on any atom is 0.338 e. The van der Waals surface area contributed by atoms with Gasteiger partial charge in [-0.25, -0.2) is 9.78 Å². The summed E-state index contributed by atoms with van der Waals surface area (Å²) in [5, 5.41) is 9.90. The van der Waals surface area contributed by atoms with E-state index in [2.05, 4.69) is 9.35 Å². The van der Waals surface area contributed by atoms with Crippen molar-refractivity contribution in [1.82, 2.24) is 4.98 Å². The number of para-hydroxylation sites is 1. The lowest BCUT2D eigenvalue weighted by atomic mass is 10.0. The van der Waals surface area contributed by atoms with Crippen molar-refractivity contribution in [2.45, 2.75) is 0 Å². The molecule has 114 valence electrons. The van der Waals surface area contributed by atoms with Gasteiger partial charge in [-0.05, 0) is 6.07 Å². The van der Waals surface area contributed by atoms with E-state index in [1.165, 1.54) is 0 Å². The lowest BCUT2D eigenvalue weighted by Crippen LogP contribution is -2.02. The van der Waals surface area contributed by atoms with Gasteiger partial charge in [0.25, 0.3) is 0 Å². The Balaban J connectivity index is 2.53. The van der Waals surface area contributed by atoms with E-state index in [1.54, 1.807) is 54.6 Å². The molecule has 3 aromatic rings. The highest BCUT2D eigenvalue weighted by Gasteiger charge is 2.21. The number of aromatic nitrogens is 1. The summed E-state index contributed by atoms with van der Waals surface area (Å²) in [5.41, 5.74) is 0.907. The minimum absolute atomic E-state index is 0.171. The Morgan fingerprint density at radius 2 is 1.65 bits per heavy atom. The van der Waals surface area contributed by atoms with E-state index in [4.69, 9.17) is 0 Å². The highest BCUT2D eigenvalue weighted by molar-refractivity contribution is 7.61. The second kappa shape index (κ2) is 5.98. The Bertz CT molecular complexity index is 1040. The van der Waals surface area contributed by atoms with Crippen LogP contribution in [0.25, 0.3) is 22.2 Å². The fourth-order valence-corrected chi connectivity index (χ4v) is 2.71. The number of hydrogen-bond donors (Lipinski definition) is 1. The van der Waals surface area contributed by atoms with Crippen molar-refractivity contribution in [2.24, 2.45) is 4.36 Å². The van der Waals surface area contributed by atoms with Crippen molar-refractivity contribution in [3.05, 3.63) is 60.2 Å². The van der Waals surface area contributed by atoms with Gasteiger partial charge >= 0.3 is 16.5 Å². The van der Waals surface area contributed by atoms with Crippen LogP contribution in [0.15, 0.2) is 59.0 Å². The number of carboxylic acid groups (broad SMARTS) is 1. The molecule has 0 saturated heterocycles. The average Bonchev–Trinajstić information content (AvgIpc) is 2.54. The monoisotopic (exact) mass is 326 g/mol. The van der Waals surface area contributed by atoms with Crippen LogP contribution < -0.4 is 0 Å². The molecule has 0 amide bonds. The molecule has 7 heteroatoms. The first-order valence-corrected chi connectivity index (χ1v) is 7.63. The number of hydrogen-bond acceptors (Lipinski definition) is 5. The van der Waals surface area contributed by atoms with Crippen molar-refractivity contribution in [3.8, 4) is 11.3 Å². The van der Waals surface area contributed by atoms with Gasteiger partial charge < -0.3 is 5.11 Å². The third-order valence-corrected chi connectivity index (χ3v) is 3.63. The lowest BCUT2D eigenvalue weighted by Gasteiger charge is -2.10. The minimum Gasteiger partial charge on any atom is -0.478 e. The van der Waals surface area contributed by atoms with Crippen molar-refractivity contribution in [3.63, 3.8) is 0 Å². The van der Waals surface area contributed by atoms with E-state index < -0.39 is 16.5 Å². The maximum absolute atomic E-state index is 11.7. The molecular weight excluding hydrogens is 316 g/mol. The van der Waals surface area contributed by atoms with E-state index in [9.17, 15) is 18.3 Å². The summed E-state index contributed by atoms with van der Waals surface area (Å²) in [5.74, 6) is -1.26. The van der Waals surface area contributed by atoms with E-state index in [0.29, 0.717) is 16.5 Å². The van der Waals surface area contributed by atoms with Gasteiger partial charge in [0.2, 0.25) is 0 Å². The number of benzene rings is 2. The van der Waals surface area contributed by atoms with Gasteiger partial charge in [0.1, 0.15) is 5.69 Å². The number of rotatable bonds is 3. The smallest absolute Gasteiger partial charge is 0.338 e. The first-order chi connectivity index (χ1) is 11.1. The van der Waals surface area contributed by atoms with Gasteiger partial charge in [0.05, 0.1) is 16.8 Å². The van der Waals surface area contributed by atoms with E-state index >= 15 is 0 Å². The van der Waals surface area contributed by atoms with Crippen LogP contribution in [0.2, 0.25) is 0 Å². The van der Waals surface area contributed by atoms with Gasteiger partial charge in [0.15, 0.2) is 0 Å². The Hall–Kier alpha value is -3.06. The van der Waals surface area contributed by atoms with Gasteiger partial charge in [0, 0.05) is 10.9 Å². The third-order valence-electron chi connectivity index (χ3n) is 3.29. The Morgan fingerprint density at radius 1 is 1.00 bits per heavy atom. The summed E-state index contributed by atoms with van der Waals surface area (Å²) < 4.78 is 25.6. The summed E-state index contributed by atoms with van der Waals surface area (Å²) in [6.07, 6.45) is 0. The molecule has 0 unspecified atom stereocenters. The van der Waals surface area contributed by atoms with E-state index in [0.717, 1.165) is 0 Å². The first-order valence-electron chi connectivity index (χ1n) is 6.60. The molecule has 0 aliphatic rings. The van der Waals surface area contributed by atoms with Gasteiger partial charge in [-0.1, -0.05) is 48.5 Å². The van der Waals surface area contributed by atoms with Crippen molar-refractivity contribution in [1.29, 1.82) is 0 Å². The molecular formula is C16H10N2O4S. The molecule has 23 heavy (non-hydrogen) atoms. The molecule has 0 spiro atoms. The normalized spacial score (nSPS) is 10.4. The van der Waals surface area contributed by atoms with Crippen molar-refractivity contribution >= 4 is 33.1 Å². The van der Waals surface area contributed by atoms with Crippen LogP contribution in [-0.4, -0.2) is 24.5 Å². The molecule has 6 nitrogen and oxygen atoms in total. The third kappa shape index (κ3) is 2.82. The molecule has 0 fully saturated rings. The maximum atomic E-state index is 11.7. The molecule has 0 bridgehead atoms. The summed E-state index contributed by atoms with van der Waals surface area (Å²) in [6.45, 7) is 0. The number of carbonyl (C=O) groups is 1. The number of fused-ring (bicyclic) bond motifs is 1. The second-order valence-corrected chi connectivity index (χ2v) is 5.30. The number of carboxylic acids is 1. The van der Waals surface area contributed by atoms with Gasteiger partial charge in [-0.2, -0.15) is 8.42 Å². The quantitative estimate of drug-likeness (QED) is 0.796. The van der Waals surface area contributed by atoms with Crippen LogP contribution in [0.1, 0.15) is 10.4 Å². The van der Waals surface area contributed by atoms with Crippen LogP contribution >= 0.6 is 0 Å². The molecule has 1 heterocycles. The molecule has 3 rings (SSSR count). The largest absolute Gasteiger partial charge is 0.478 e. The highest BCUT2D eigenvalue weighted by Crippen LogP contribution is 2.36. The fourth-order valence-electron chi connectivity index (χ4n) is 2.38. The number of aromatic carboxylic acids is 1. The van der Waals surface area contributed by atoms with Crippen molar-refractivity contribution < 1.29 is 18.3 Å². The molecule has 2 aromatic carbocycles. The average molecular weight is 326 g/mol. The fraction of sp³-hybridized carbons (Fsp3) is 0. The van der Waals surface area contributed by atoms with Gasteiger partial charge in [-0.15, -0.1) is 4.36 Å². The SMILES string of the molecule is O=C(O)c1c(N=S(=O)=O)c(-c2ccccc2)nc2ccccc12. The van der Waals surface area contributed by atoms with E-state index in [1.807, 2.05) is 0 Å². The zero-order chi connectivity index (χ0) is 16.4. The summed E-state index contributed by atoms with van der Waals surface area (Å²) in [4.78, 5) is 16.1. The standard InChI is InChI=1S/C16H10N2O4S/c19-16(20)13-11-8-4-5-9-12(11)17-14(15(13)18-23(21)22)10-6-2-1-3-7-10/h1-9H,(H,19,20). The predicted octanol–water partition coefficient (Wildman–Crippen LogP) is 3.29. The van der Waals surface area contributed by atoms with Crippen LogP contribution in [-0.2, 0) is 10.5 Å². The topological polar surface area (TPSA) is 96.7 Å². The predicted molar refractivity (Wildman–Crippen MR) is 85.1 cm³/mol. The van der Waals surface area contributed by atoms with Crippen LogP contribution in [0.3, 0.4) is 0 Å². The Morgan fingerprint density at radius 3 is 2.30 bits per heavy atom. The molecule has 0 aliphatic heterocycles. The minimum atomic E-state index is -2.80. The van der Waals surface area contributed by atoms with Crippen LogP contribution in [0.4, 0.5) is 5.69 Å². The first kappa shape index (κ1) is 14.9. The lowest BCUT2D eigenvalue weighted by molar-refractivity contribution is 0.0700. The van der Waals surface area contributed by atoms with Crippen LogP contribution in [0.5, 0.6) is 0 Å². The Kier molecular flexibility index (Phi) is 3.86. The van der Waals surface area contributed by atoms with Crippen LogP contribution in [0, 0.1) is 0 Å². The number of pyridine rings is 1.